The van der Waals surface area contributed by atoms with Crippen LogP contribution in [-0.4, -0.2) is 39.5 Å². The minimum atomic E-state index is -0.514. The van der Waals surface area contributed by atoms with Gasteiger partial charge in [-0.3, -0.25) is 14.6 Å². The lowest BCUT2D eigenvalue weighted by atomic mass is 10.1. The molecule has 1 N–H and O–H groups in total. The number of anilines is 1. The number of rotatable bonds is 5. The van der Waals surface area contributed by atoms with Gasteiger partial charge >= 0.3 is 0 Å². The summed E-state index contributed by atoms with van der Waals surface area (Å²) in [5.74, 6) is 0.472. The van der Waals surface area contributed by atoms with Crippen molar-refractivity contribution in [3.05, 3.63) is 95.6 Å². The highest BCUT2D eigenvalue weighted by Gasteiger charge is 2.41. The van der Waals surface area contributed by atoms with E-state index in [1.165, 1.54) is 11.8 Å². The van der Waals surface area contributed by atoms with Gasteiger partial charge in [-0.25, -0.2) is 9.89 Å². The molecule has 0 spiro atoms. The molecule has 6 nitrogen and oxygen atoms in total. The third kappa shape index (κ3) is 4.32. The van der Waals surface area contributed by atoms with E-state index in [1.54, 1.807) is 4.90 Å². The molecule has 0 aromatic heterocycles. The van der Waals surface area contributed by atoms with Gasteiger partial charge in [-0.1, -0.05) is 72.4 Å². The van der Waals surface area contributed by atoms with E-state index < -0.39 is 6.04 Å². The van der Waals surface area contributed by atoms with Crippen molar-refractivity contribution in [3.63, 3.8) is 0 Å². The van der Waals surface area contributed by atoms with Crippen LogP contribution in [0.2, 0.25) is 0 Å². The number of hydrogen-bond donors (Lipinski definition) is 1. The maximum Gasteiger partial charge on any atom is 0.259 e. The fourth-order valence-corrected chi connectivity index (χ4v) is 4.70. The second-order valence-electron chi connectivity index (χ2n) is 7.90. The highest BCUT2D eigenvalue weighted by atomic mass is 32.2. The Hall–Kier alpha value is -3.71. The first kappa shape index (κ1) is 21.2. The Balaban J connectivity index is 1.37. The second-order valence-corrected chi connectivity index (χ2v) is 8.84. The number of hydrogen-bond acceptors (Lipinski definition) is 5. The normalized spacial score (nSPS) is 16.6. The zero-order valence-corrected chi connectivity index (χ0v) is 18.9. The van der Waals surface area contributed by atoms with E-state index in [1.807, 2.05) is 85.8 Å². The summed E-state index contributed by atoms with van der Waals surface area (Å²) >= 11 is 1.24. The molecular weight excluding hydrogens is 432 g/mol. The molecule has 3 aromatic rings. The maximum absolute atomic E-state index is 13.4. The molecule has 164 valence electrons. The molecule has 0 fully saturated rings. The Morgan fingerprint density at radius 3 is 2.55 bits per heavy atom. The molecule has 0 aliphatic carbocycles. The Labute approximate surface area is 196 Å². The van der Waals surface area contributed by atoms with Crippen molar-refractivity contribution in [1.29, 1.82) is 0 Å². The lowest BCUT2D eigenvalue weighted by Crippen LogP contribution is -2.41. The largest absolute Gasteiger partial charge is 0.325 e. The fraction of sp³-hybridized carbons (Fsp3) is 0.154. The maximum atomic E-state index is 13.4. The molecule has 1 atom stereocenters. The highest BCUT2D eigenvalue weighted by molar-refractivity contribution is 8.14. The Bertz CT molecular complexity index is 1290. The van der Waals surface area contributed by atoms with Crippen molar-refractivity contribution in [2.75, 3.05) is 11.1 Å². The fourth-order valence-electron chi connectivity index (χ4n) is 3.90. The van der Waals surface area contributed by atoms with Gasteiger partial charge < -0.3 is 5.32 Å². The number of nitrogens with zero attached hydrogens (tertiary/aromatic N) is 3. The van der Waals surface area contributed by atoms with E-state index in [0.29, 0.717) is 17.4 Å². The minimum Gasteiger partial charge on any atom is -0.325 e. The van der Waals surface area contributed by atoms with Gasteiger partial charge in [-0.05, 0) is 36.2 Å². The Morgan fingerprint density at radius 1 is 1.00 bits per heavy atom. The van der Waals surface area contributed by atoms with E-state index in [9.17, 15) is 9.59 Å². The van der Waals surface area contributed by atoms with Crippen LogP contribution in [0, 0.1) is 6.92 Å². The molecule has 2 heterocycles. The van der Waals surface area contributed by atoms with Gasteiger partial charge in [0.1, 0.15) is 11.9 Å². The van der Waals surface area contributed by atoms with Gasteiger partial charge in [0.15, 0.2) is 5.17 Å². The van der Waals surface area contributed by atoms with Crippen LogP contribution in [0.3, 0.4) is 0 Å². The molecule has 0 bridgehead atoms. The number of benzene rings is 3. The number of amides is 2. The summed E-state index contributed by atoms with van der Waals surface area (Å²) in [5, 5.41) is 3.41. The summed E-state index contributed by atoms with van der Waals surface area (Å²) in [7, 11) is 0. The van der Waals surface area contributed by atoms with Crippen molar-refractivity contribution < 1.29 is 9.59 Å². The van der Waals surface area contributed by atoms with Crippen LogP contribution < -0.4 is 5.32 Å². The second kappa shape index (κ2) is 9.03. The monoisotopic (exact) mass is 454 g/mol. The van der Waals surface area contributed by atoms with E-state index in [2.05, 4.69) is 5.32 Å². The molecule has 5 rings (SSSR count). The Morgan fingerprint density at radius 2 is 1.73 bits per heavy atom. The average molecular weight is 455 g/mol. The highest BCUT2D eigenvalue weighted by Crippen LogP contribution is 2.34. The number of nitrogens with one attached hydrogen (secondary N) is 1. The standard InChI is InChI=1S/C26H22N4O2S/c1-17-9-5-7-13-20(17)27-23(31)16-33-26-29-21-14-8-6-12-19(21)24-28-22(25(32)30(24)26)15-18-10-3-2-4-11-18/h2-14,22H,15-16H2,1H3,(H,27,31)/t22-/m1/s1. The van der Waals surface area contributed by atoms with Crippen LogP contribution in [0.15, 0.2) is 88.8 Å². The number of carbonyl (C=O) groups excluding carboxylic acids is 2. The Kier molecular flexibility index (Phi) is 5.79. The molecular formula is C26H22N4O2S. The minimum absolute atomic E-state index is 0.117. The third-order valence-electron chi connectivity index (χ3n) is 5.57. The lowest BCUT2D eigenvalue weighted by Gasteiger charge is -2.25. The number of fused-ring (bicyclic) bond motifs is 3. The molecule has 3 aromatic carbocycles. The zero-order chi connectivity index (χ0) is 22.8. The van der Waals surface area contributed by atoms with Crippen LogP contribution in [-0.2, 0) is 16.0 Å². The summed E-state index contributed by atoms with van der Waals surface area (Å²) < 4.78 is 0. The number of para-hydroxylation sites is 2. The topological polar surface area (TPSA) is 74.1 Å². The zero-order valence-electron chi connectivity index (χ0n) is 18.1. The SMILES string of the molecule is Cc1ccccc1NC(=O)CSC1=Nc2ccccc2C2=N[C@H](Cc3ccccc3)C(=O)N12. The molecule has 2 amide bonds. The smallest absolute Gasteiger partial charge is 0.259 e. The molecule has 2 aliphatic rings. The molecule has 0 saturated carbocycles. The molecule has 2 aliphatic heterocycles. The van der Waals surface area contributed by atoms with Gasteiger partial charge in [0.25, 0.3) is 5.91 Å². The van der Waals surface area contributed by atoms with Crippen molar-refractivity contribution in [3.8, 4) is 0 Å². The number of carbonyl (C=O) groups is 2. The summed E-state index contributed by atoms with van der Waals surface area (Å²) in [4.78, 5) is 37.0. The summed E-state index contributed by atoms with van der Waals surface area (Å²) in [6.07, 6.45) is 0.521. The first-order valence-corrected chi connectivity index (χ1v) is 11.7. The molecule has 7 heteroatoms. The number of amidine groups is 2. The van der Waals surface area contributed by atoms with Crippen molar-refractivity contribution in [2.24, 2.45) is 9.98 Å². The van der Waals surface area contributed by atoms with E-state index in [0.717, 1.165) is 28.1 Å². The van der Waals surface area contributed by atoms with Crippen LogP contribution in [0.4, 0.5) is 11.4 Å². The molecule has 33 heavy (non-hydrogen) atoms. The van der Waals surface area contributed by atoms with Crippen LogP contribution >= 0.6 is 11.8 Å². The van der Waals surface area contributed by atoms with E-state index in [4.69, 9.17) is 9.98 Å². The lowest BCUT2D eigenvalue weighted by molar-refractivity contribution is -0.124. The van der Waals surface area contributed by atoms with Gasteiger partial charge in [0.2, 0.25) is 5.91 Å². The number of aliphatic imine (C=N–C) groups is 2. The quantitative estimate of drug-likeness (QED) is 0.614. The molecule has 0 radical (unpaired) electrons. The van der Waals surface area contributed by atoms with Crippen molar-refractivity contribution in [2.45, 2.75) is 19.4 Å². The summed E-state index contributed by atoms with van der Waals surface area (Å²) in [5.41, 5.74) is 4.41. The third-order valence-corrected chi connectivity index (χ3v) is 6.51. The van der Waals surface area contributed by atoms with Gasteiger partial charge in [-0.15, -0.1) is 0 Å². The van der Waals surface area contributed by atoms with E-state index >= 15 is 0 Å². The summed E-state index contributed by atoms with van der Waals surface area (Å²) in [6.45, 7) is 1.95. The number of thioether (sulfide) groups is 1. The van der Waals surface area contributed by atoms with Gasteiger partial charge in [-0.2, -0.15) is 0 Å². The van der Waals surface area contributed by atoms with Crippen LogP contribution in [0.5, 0.6) is 0 Å². The first-order valence-electron chi connectivity index (χ1n) is 10.7. The first-order chi connectivity index (χ1) is 16.1. The molecule has 0 unspecified atom stereocenters. The van der Waals surface area contributed by atoms with Gasteiger partial charge in [0, 0.05) is 17.7 Å². The summed E-state index contributed by atoms with van der Waals surface area (Å²) in [6, 6.07) is 24.6. The van der Waals surface area contributed by atoms with Gasteiger partial charge in [0.05, 0.1) is 11.4 Å². The van der Waals surface area contributed by atoms with Crippen molar-refractivity contribution >= 4 is 46.0 Å². The van der Waals surface area contributed by atoms with Crippen LogP contribution in [0.25, 0.3) is 0 Å². The predicted octanol–water partition coefficient (Wildman–Crippen LogP) is 4.57. The van der Waals surface area contributed by atoms with Crippen LogP contribution in [0.1, 0.15) is 16.7 Å². The van der Waals surface area contributed by atoms with Crippen molar-refractivity contribution in [1.82, 2.24) is 4.90 Å². The number of aryl methyl sites for hydroxylation is 1. The average Bonchev–Trinajstić information content (AvgIpc) is 3.16. The van der Waals surface area contributed by atoms with E-state index in [-0.39, 0.29) is 17.6 Å². The predicted molar refractivity (Wildman–Crippen MR) is 133 cm³/mol. The molecule has 0 saturated heterocycles.